The molecule has 0 atom stereocenters. The monoisotopic (exact) mass is 393 g/mol. The number of carbonyl (C=O) groups excluding carboxylic acids is 2. The third-order valence-electron chi connectivity index (χ3n) is 2.79. The van der Waals surface area contributed by atoms with Crippen LogP contribution in [-0.2, 0) is 4.79 Å². The van der Waals surface area contributed by atoms with Crippen LogP contribution in [0.4, 0.5) is 0 Å². The summed E-state index contributed by atoms with van der Waals surface area (Å²) in [6, 6.07) is 13.9. The molecule has 0 saturated carbocycles. The van der Waals surface area contributed by atoms with E-state index in [0.29, 0.717) is 10.6 Å². The highest BCUT2D eigenvalue weighted by atomic mass is 79.9. The molecule has 0 aliphatic heterocycles. The highest BCUT2D eigenvalue weighted by Gasteiger charge is 2.07. The van der Waals surface area contributed by atoms with Gasteiger partial charge in [0.1, 0.15) is 0 Å². The molecule has 0 spiro atoms. The van der Waals surface area contributed by atoms with Crippen molar-refractivity contribution in [2.45, 2.75) is 0 Å². The summed E-state index contributed by atoms with van der Waals surface area (Å²) in [4.78, 5) is 23.5. The molecule has 2 rings (SSSR count). The smallest absolute Gasteiger partial charge is 0.259 e. The van der Waals surface area contributed by atoms with Crippen molar-refractivity contribution in [1.29, 1.82) is 0 Å². The summed E-state index contributed by atoms with van der Waals surface area (Å²) in [5.74, 6) is -0.805. The van der Waals surface area contributed by atoms with Crippen molar-refractivity contribution in [3.8, 4) is 0 Å². The Kier molecular flexibility index (Phi) is 6.31. The van der Waals surface area contributed by atoms with E-state index >= 15 is 0 Å². The zero-order chi connectivity index (χ0) is 16.7. The third kappa shape index (κ3) is 5.50. The van der Waals surface area contributed by atoms with E-state index in [1.807, 2.05) is 24.3 Å². The van der Waals surface area contributed by atoms with Crippen LogP contribution in [-0.4, -0.2) is 24.6 Å². The number of carbonyl (C=O) groups is 2. The number of rotatable bonds is 5. The van der Waals surface area contributed by atoms with Crippen molar-refractivity contribution >= 4 is 45.6 Å². The second kappa shape index (κ2) is 8.45. The molecule has 0 heterocycles. The molecule has 0 aromatic heterocycles. The van der Waals surface area contributed by atoms with E-state index in [1.54, 1.807) is 18.2 Å². The molecular formula is C16H13BrClN3O2. The molecule has 0 radical (unpaired) electrons. The molecule has 0 aliphatic carbocycles. The van der Waals surface area contributed by atoms with Gasteiger partial charge in [-0.3, -0.25) is 9.59 Å². The number of nitrogens with one attached hydrogen (secondary N) is 2. The van der Waals surface area contributed by atoms with Crippen molar-refractivity contribution in [3.63, 3.8) is 0 Å². The molecule has 118 valence electrons. The Bertz CT molecular complexity index is 750. The van der Waals surface area contributed by atoms with Crippen LogP contribution in [0.25, 0.3) is 0 Å². The molecule has 0 bridgehead atoms. The van der Waals surface area contributed by atoms with Gasteiger partial charge in [-0.05, 0) is 24.3 Å². The van der Waals surface area contributed by atoms with Crippen LogP contribution in [0.5, 0.6) is 0 Å². The predicted octanol–water partition coefficient (Wildman–Crippen LogP) is 2.98. The normalized spacial score (nSPS) is 10.5. The van der Waals surface area contributed by atoms with E-state index in [1.165, 1.54) is 12.3 Å². The topological polar surface area (TPSA) is 70.6 Å². The van der Waals surface area contributed by atoms with Crippen LogP contribution in [0.1, 0.15) is 15.9 Å². The van der Waals surface area contributed by atoms with Crippen molar-refractivity contribution in [3.05, 3.63) is 69.2 Å². The lowest BCUT2D eigenvalue weighted by atomic mass is 10.2. The molecule has 0 saturated heterocycles. The summed E-state index contributed by atoms with van der Waals surface area (Å²) < 4.78 is 0.868. The van der Waals surface area contributed by atoms with Gasteiger partial charge < -0.3 is 5.32 Å². The average molecular weight is 395 g/mol. The van der Waals surface area contributed by atoms with Gasteiger partial charge in [-0.2, -0.15) is 5.10 Å². The van der Waals surface area contributed by atoms with E-state index < -0.39 is 5.91 Å². The quantitative estimate of drug-likeness (QED) is 0.604. The molecular weight excluding hydrogens is 382 g/mol. The summed E-state index contributed by atoms with van der Waals surface area (Å²) >= 11 is 9.18. The number of amides is 2. The lowest BCUT2D eigenvalue weighted by molar-refractivity contribution is -0.120. The number of halogens is 2. The van der Waals surface area contributed by atoms with Crippen LogP contribution in [0.3, 0.4) is 0 Å². The first-order valence-electron chi connectivity index (χ1n) is 6.66. The van der Waals surface area contributed by atoms with Gasteiger partial charge in [0, 0.05) is 20.6 Å². The van der Waals surface area contributed by atoms with Gasteiger partial charge in [0.2, 0.25) is 0 Å². The Labute approximate surface area is 146 Å². The molecule has 2 aromatic rings. The van der Waals surface area contributed by atoms with Crippen molar-refractivity contribution in [1.82, 2.24) is 10.7 Å². The SMILES string of the molecule is O=C(CNC(=O)c1cccc(Cl)c1)NN=Cc1ccccc1Br. The standard InChI is InChI=1S/C16H13BrClN3O2/c17-14-7-2-1-4-12(14)9-20-21-15(22)10-19-16(23)11-5-3-6-13(18)8-11/h1-9H,10H2,(H,19,23)(H,21,22). The fraction of sp³-hybridized carbons (Fsp3) is 0.0625. The van der Waals surface area contributed by atoms with Crippen LogP contribution in [0, 0.1) is 0 Å². The van der Waals surface area contributed by atoms with Gasteiger partial charge in [-0.1, -0.05) is 51.8 Å². The second-order valence-electron chi connectivity index (χ2n) is 4.51. The Balaban J connectivity index is 1.81. The molecule has 23 heavy (non-hydrogen) atoms. The van der Waals surface area contributed by atoms with Crippen molar-refractivity contribution in [2.24, 2.45) is 5.10 Å². The number of benzene rings is 2. The largest absolute Gasteiger partial charge is 0.343 e. The molecule has 0 fully saturated rings. The summed E-state index contributed by atoms with van der Waals surface area (Å²) in [7, 11) is 0. The van der Waals surface area contributed by atoms with Crippen molar-refractivity contribution < 1.29 is 9.59 Å². The first-order chi connectivity index (χ1) is 11.1. The Hall–Kier alpha value is -2.18. The molecule has 7 heteroatoms. The fourth-order valence-electron chi connectivity index (χ4n) is 1.69. The van der Waals surface area contributed by atoms with Gasteiger partial charge in [0.15, 0.2) is 0 Å². The van der Waals surface area contributed by atoms with E-state index in [4.69, 9.17) is 11.6 Å². The minimum Gasteiger partial charge on any atom is -0.343 e. The summed E-state index contributed by atoms with van der Waals surface area (Å²) in [6.07, 6.45) is 1.51. The molecule has 2 N–H and O–H groups in total. The number of hydrogen-bond donors (Lipinski definition) is 2. The predicted molar refractivity (Wildman–Crippen MR) is 93.7 cm³/mol. The highest BCUT2D eigenvalue weighted by Crippen LogP contribution is 2.13. The number of hydrazone groups is 1. The fourth-order valence-corrected chi connectivity index (χ4v) is 2.26. The lowest BCUT2D eigenvalue weighted by Gasteiger charge is -2.04. The zero-order valence-electron chi connectivity index (χ0n) is 11.9. The third-order valence-corrected chi connectivity index (χ3v) is 3.75. The number of nitrogens with zero attached hydrogens (tertiary/aromatic N) is 1. The minimum absolute atomic E-state index is 0.182. The summed E-state index contributed by atoms with van der Waals surface area (Å²) in [6.45, 7) is -0.182. The van der Waals surface area contributed by atoms with E-state index in [9.17, 15) is 9.59 Å². The van der Waals surface area contributed by atoms with Crippen LogP contribution < -0.4 is 10.7 Å². The van der Waals surface area contributed by atoms with E-state index in [0.717, 1.165) is 10.0 Å². The van der Waals surface area contributed by atoms with Crippen molar-refractivity contribution in [2.75, 3.05) is 6.54 Å². The second-order valence-corrected chi connectivity index (χ2v) is 5.80. The van der Waals surface area contributed by atoms with Gasteiger partial charge in [0.05, 0.1) is 12.8 Å². The average Bonchev–Trinajstić information content (AvgIpc) is 2.54. The highest BCUT2D eigenvalue weighted by molar-refractivity contribution is 9.10. The number of hydrogen-bond acceptors (Lipinski definition) is 3. The molecule has 2 amide bonds. The summed E-state index contributed by atoms with van der Waals surface area (Å²) in [5.41, 5.74) is 3.57. The molecule has 2 aromatic carbocycles. The Morgan fingerprint density at radius 2 is 1.96 bits per heavy atom. The first-order valence-corrected chi connectivity index (χ1v) is 7.83. The molecule has 5 nitrogen and oxygen atoms in total. The van der Waals surface area contributed by atoms with E-state index in [-0.39, 0.29) is 12.5 Å². The van der Waals surface area contributed by atoms with Gasteiger partial charge in [0.25, 0.3) is 11.8 Å². The maximum atomic E-state index is 11.8. The Morgan fingerprint density at radius 1 is 1.17 bits per heavy atom. The van der Waals surface area contributed by atoms with Gasteiger partial charge >= 0.3 is 0 Å². The van der Waals surface area contributed by atoms with Gasteiger partial charge in [-0.25, -0.2) is 5.43 Å². The first kappa shape index (κ1) is 17.2. The minimum atomic E-state index is -0.427. The summed E-state index contributed by atoms with van der Waals surface area (Å²) in [5, 5.41) is 6.79. The van der Waals surface area contributed by atoms with Crippen LogP contribution in [0.15, 0.2) is 58.1 Å². The van der Waals surface area contributed by atoms with Gasteiger partial charge in [-0.15, -0.1) is 0 Å². The molecule has 0 unspecified atom stereocenters. The van der Waals surface area contributed by atoms with Crippen LogP contribution in [0.2, 0.25) is 5.02 Å². The van der Waals surface area contributed by atoms with Crippen LogP contribution >= 0.6 is 27.5 Å². The zero-order valence-corrected chi connectivity index (χ0v) is 14.3. The lowest BCUT2D eigenvalue weighted by Crippen LogP contribution is -2.34. The van der Waals surface area contributed by atoms with E-state index in [2.05, 4.69) is 31.8 Å². The maximum absolute atomic E-state index is 11.8. The maximum Gasteiger partial charge on any atom is 0.259 e. The Morgan fingerprint density at radius 3 is 2.70 bits per heavy atom. The molecule has 0 aliphatic rings.